The highest BCUT2D eigenvalue weighted by atomic mass is 16.6. The normalized spacial score (nSPS) is 12.4. The molecule has 1 aliphatic rings. The van der Waals surface area contributed by atoms with Gasteiger partial charge in [-0.3, -0.25) is 10.2 Å². The number of hydrazine groups is 1. The molecule has 2 N–H and O–H groups in total. The lowest BCUT2D eigenvalue weighted by Crippen LogP contribution is -2.45. The third kappa shape index (κ3) is 4.36. The molecule has 6 nitrogen and oxygen atoms in total. The van der Waals surface area contributed by atoms with Gasteiger partial charge in [0.25, 0.3) is 0 Å². The number of aliphatic carboxylic acids is 1. The van der Waals surface area contributed by atoms with Gasteiger partial charge < -0.3 is 9.84 Å². The summed E-state index contributed by atoms with van der Waals surface area (Å²) in [5.74, 6) is -1.11. The summed E-state index contributed by atoms with van der Waals surface area (Å²) in [6.07, 6.45) is -0.677. The van der Waals surface area contributed by atoms with Gasteiger partial charge in [-0.15, -0.1) is 0 Å². The van der Waals surface area contributed by atoms with Gasteiger partial charge in [0, 0.05) is 12.5 Å². The molecule has 1 aliphatic carbocycles. The van der Waals surface area contributed by atoms with E-state index in [1.807, 2.05) is 66.7 Å². The van der Waals surface area contributed by atoms with Gasteiger partial charge in [-0.1, -0.05) is 91.0 Å². The number of carbonyl (C=O) groups is 2. The van der Waals surface area contributed by atoms with Gasteiger partial charge in [-0.2, -0.15) is 0 Å². The first-order valence-electron chi connectivity index (χ1n) is 11.1. The third-order valence-electron chi connectivity index (χ3n) is 6.16. The molecule has 4 aromatic rings. The minimum atomic E-state index is -1.04. The van der Waals surface area contributed by atoms with E-state index in [-0.39, 0.29) is 25.6 Å². The fourth-order valence-electron chi connectivity index (χ4n) is 4.69. The molecule has 1 amide bonds. The second-order valence-electron chi connectivity index (χ2n) is 8.33. The van der Waals surface area contributed by atoms with Gasteiger partial charge in [0.05, 0.1) is 0 Å². The number of benzene rings is 4. The molecule has 6 heteroatoms. The van der Waals surface area contributed by atoms with Crippen molar-refractivity contribution in [3.63, 3.8) is 0 Å². The minimum Gasteiger partial charge on any atom is -0.480 e. The Morgan fingerprint density at radius 2 is 1.44 bits per heavy atom. The van der Waals surface area contributed by atoms with Gasteiger partial charge in [-0.25, -0.2) is 9.80 Å². The summed E-state index contributed by atoms with van der Waals surface area (Å²) in [5, 5.41) is 12.8. The van der Waals surface area contributed by atoms with Gasteiger partial charge in [0.15, 0.2) is 0 Å². The Balaban J connectivity index is 1.30. The Labute approximate surface area is 197 Å². The zero-order valence-corrected chi connectivity index (χ0v) is 18.5. The van der Waals surface area contributed by atoms with Gasteiger partial charge in [0.2, 0.25) is 0 Å². The van der Waals surface area contributed by atoms with E-state index in [9.17, 15) is 14.7 Å². The van der Waals surface area contributed by atoms with Crippen LogP contribution in [0.2, 0.25) is 0 Å². The van der Waals surface area contributed by atoms with Crippen LogP contribution in [0, 0.1) is 0 Å². The molecular weight excluding hydrogens is 428 g/mol. The molecule has 0 aliphatic heterocycles. The molecule has 0 bridgehead atoms. The highest BCUT2D eigenvalue weighted by molar-refractivity contribution is 5.85. The maximum absolute atomic E-state index is 12.7. The van der Waals surface area contributed by atoms with E-state index < -0.39 is 12.1 Å². The molecule has 0 atom stereocenters. The predicted octanol–water partition coefficient (Wildman–Crippen LogP) is 5.18. The van der Waals surface area contributed by atoms with E-state index in [2.05, 4.69) is 29.7 Å². The van der Waals surface area contributed by atoms with Crippen molar-refractivity contribution in [2.75, 3.05) is 13.2 Å². The lowest BCUT2D eigenvalue weighted by Gasteiger charge is -2.22. The summed E-state index contributed by atoms with van der Waals surface area (Å²) in [7, 11) is 0. The molecule has 0 fully saturated rings. The Morgan fingerprint density at radius 3 is 2.15 bits per heavy atom. The molecule has 5 rings (SSSR count). The zero-order valence-electron chi connectivity index (χ0n) is 18.5. The van der Waals surface area contributed by atoms with Crippen LogP contribution in [0.4, 0.5) is 4.79 Å². The average molecular weight is 453 g/mol. The molecule has 34 heavy (non-hydrogen) atoms. The zero-order chi connectivity index (χ0) is 23.5. The second kappa shape index (κ2) is 9.37. The van der Waals surface area contributed by atoms with Crippen molar-refractivity contribution in [3.05, 3.63) is 108 Å². The Kier molecular flexibility index (Phi) is 5.97. The molecule has 170 valence electrons. The van der Waals surface area contributed by atoms with E-state index in [4.69, 9.17) is 4.74 Å². The first kappa shape index (κ1) is 21.7. The number of amides is 1. The van der Waals surface area contributed by atoms with Crippen molar-refractivity contribution in [1.82, 2.24) is 10.4 Å². The lowest BCUT2D eigenvalue weighted by atomic mass is 9.98. The molecule has 0 radical (unpaired) electrons. The third-order valence-corrected chi connectivity index (χ3v) is 6.16. The monoisotopic (exact) mass is 452 g/mol. The number of nitrogens with zero attached hydrogens (tertiary/aromatic N) is 1. The quantitative estimate of drug-likeness (QED) is 0.378. The Bertz CT molecular complexity index is 1320. The highest BCUT2D eigenvalue weighted by Crippen LogP contribution is 2.44. The number of carboxylic acid groups (broad SMARTS) is 1. The number of hydrogen-bond acceptors (Lipinski definition) is 4. The van der Waals surface area contributed by atoms with Crippen LogP contribution < -0.4 is 5.43 Å². The molecule has 0 saturated carbocycles. The van der Waals surface area contributed by atoms with Crippen LogP contribution in [0.15, 0.2) is 91.0 Å². The molecule has 0 unspecified atom stereocenters. The van der Waals surface area contributed by atoms with E-state index in [1.54, 1.807) is 0 Å². The molecular formula is C28H24N2O4. The first-order valence-corrected chi connectivity index (χ1v) is 11.1. The largest absolute Gasteiger partial charge is 0.480 e. The van der Waals surface area contributed by atoms with Crippen LogP contribution in [0.25, 0.3) is 21.9 Å². The second-order valence-corrected chi connectivity index (χ2v) is 8.33. The number of hydrogen-bond donors (Lipinski definition) is 2. The minimum absolute atomic E-state index is 0.0656. The Hall–Kier alpha value is -4.16. The molecule has 0 saturated heterocycles. The maximum atomic E-state index is 12.7. The van der Waals surface area contributed by atoms with E-state index in [0.29, 0.717) is 0 Å². The summed E-state index contributed by atoms with van der Waals surface area (Å²) in [4.78, 5) is 24.2. The van der Waals surface area contributed by atoms with Crippen LogP contribution in [0.3, 0.4) is 0 Å². The summed E-state index contributed by atoms with van der Waals surface area (Å²) < 4.78 is 5.59. The fourth-order valence-corrected chi connectivity index (χ4v) is 4.69. The van der Waals surface area contributed by atoms with Gasteiger partial charge in [-0.05, 0) is 38.6 Å². The van der Waals surface area contributed by atoms with E-state index in [0.717, 1.165) is 38.6 Å². The van der Waals surface area contributed by atoms with Crippen molar-refractivity contribution in [3.8, 4) is 11.1 Å². The summed E-state index contributed by atoms with van der Waals surface area (Å²) in [5.41, 5.74) is 8.08. The van der Waals surface area contributed by atoms with Crippen LogP contribution in [-0.2, 0) is 16.1 Å². The fraction of sp³-hybridized carbons (Fsp3) is 0.143. The summed E-state index contributed by atoms with van der Waals surface area (Å²) in [6, 6.07) is 30.0. The standard InChI is InChI=1S/C28H24N2O4/c31-27(32)17-30(16-20-10-7-9-19-8-1-2-11-21(19)20)29-28(33)34-18-26-24-14-5-3-12-22(24)23-13-4-6-15-25(23)26/h1-15,26H,16-18H2,(H,29,33)(H,31,32). The topological polar surface area (TPSA) is 78.9 Å². The van der Waals surface area contributed by atoms with Crippen molar-refractivity contribution in [2.24, 2.45) is 0 Å². The lowest BCUT2D eigenvalue weighted by molar-refractivity contribution is -0.139. The number of carboxylic acids is 1. The van der Waals surface area contributed by atoms with Crippen LogP contribution in [-0.4, -0.2) is 35.3 Å². The number of ether oxygens (including phenoxy) is 1. The van der Waals surface area contributed by atoms with Crippen molar-refractivity contribution in [2.45, 2.75) is 12.5 Å². The average Bonchev–Trinajstić information content (AvgIpc) is 3.16. The van der Waals surface area contributed by atoms with Crippen molar-refractivity contribution in [1.29, 1.82) is 0 Å². The van der Waals surface area contributed by atoms with Crippen molar-refractivity contribution >= 4 is 22.8 Å². The van der Waals surface area contributed by atoms with Gasteiger partial charge in [0.1, 0.15) is 13.2 Å². The SMILES string of the molecule is O=C(O)CN(Cc1cccc2ccccc12)NC(=O)OCC1c2ccccc2-c2ccccc21. The number of rotatable bonds is 7. The number of carbonyl (C=O) groups excluding carboxylic acids is 1. The van der Waals surface area contributed by atoms with Crippen LogP contribution >= 0.6 is 0 Å². The summed E-state index contributed by atoms with van der Waals surface area (Å²) in [6.45, 7) is 0.0420. The highest BCUT2D eigenvalue weighted by Gasteiger charge is 2.29. The van der Waals surface area contributed by atoms with Crippen LogP contribution in [0.1, 0.15) is 22.6 Å². The predicted molar refractivity (Wildman–Crippen MR) is 130 cm³/mol. The Morgan fingerprint density at radius 1 is 0.824 bits per heavy atom. The maximum Gasteiger partial charge on any atom is 0.421 e. The van der Waals surface area contributed by atoms with E-state index in [1.165, 1.54) is 5.01 Å². The molecule has 0 spiro atoms. The number of fused-ring (bicyclic) bond motifs is 4. The van der Waals surface area contributed by atoms with E-state index >= 15 is 0 Å². The number of nitrogens with one attached hydrogen (secondary N) is 1. The molecule has 0 aromatic heterocycles. The van der Waals surface area contributed by atoms with Crippen molar-refractivity contribution < 1.29 is 19.4 Å². The van der Waals surface area contributed by atoms with Gasteiger partial charge >= 0.3 is 12.1 Å². The van der Waals surface area contributed by atoms with Crippen LogP contribution in [0.5, 0.6) is 0 Å². The molecule has 4 aromatic carbocycles. The smallest absolute Gasteiger partial charge is 0.421 e. The first-order chi connectivity index (χ1) is 16.6. The molecule has 0 heterocycles. The summed E-state index contributed by atoms with van der Waals surface area (Å²) >= 11 is 0.